The van der Waals surface area contributed by atoms with Gasteiger partial charge in [-0.15, -0.1) is 0 Å². The zero-order chi connectivity index (χ0) is 13.0. The van der Waals surface area contributed by atoms with E-state index in [-0.39, 0.29) is 0 Å². The number of hydrogen-bond acceptors (Lipinski definition) is 2. The zero-order valence-electron chi connectivity index (χ0n) is 12.2. The van der Waals surface area contributed by atoms with Gasteiger partial charge in [-0.1, -0.05) is 34.1 Å². The third kappa shape index (κ3) is 3.84. The molecule has 0 radical (unpaired) electrons. The van der Waals surface area contributed by atoms with Gasteiger partial charge in [-0.25, -0.2) is 0 Å². The van der Waals surface area contributed by atoms with Crippen LogP contribution < -0.4 is 5.32 Å². The highest BCUT2D eigenvalue weighted by Crippen LogP contribution is 2.15. The van der Waals surface area contributed by atoms with E-state index in [4.69, 9.17) is 0 Å². The van der Waals surface area contributed by atoms with Crippen molar-refractivity contribution in [2.24, 2.45) is 5.92 Å². The Bertz CT molecular complexity index is 353. The molecule has 1 atom stereocenters. The summed E-state index contributed by atoms with van der Waals surface area (Å²) < 4.78 is 2.17. The first-order chi connectivity index (χ1) is 7.95. The summed E-state index contributed by atoms with van der Waals surface area (Å²) in [4.78, 5) is 0. The van der Waals surface area contributed by atoms with Crippen LogP contribution in [0.3, 0.4) is 0 Å². The van der Waals surface area contributed by atoms with E-state index in [1.165, 1.54) is 23.4 Å². The lowest BCUT2D eigenvalue weighted by Crippen LogP contribution is -2.22. The molecule has 1 N–H and O–H groups in total. The van der Waals surface area contributed by atoms with Crippen molar-refractivity contribution in [2.75, 3.05) is 0 Å². The Morgan fingerprint density at radius 1 is 1.24 bits per heavy atom. The second-order valence-electron chi connectivity index (χ2n) is 5.38. The maximum atomic E-state index is 4.65. The van der Waals surface area contributed by atoms with Crippen LogP contribution in [-0.2, 0) is 13.1 Å². The molecule has 0 fully saturated rings. The highest BCUT2D eigenvalue weighted by atomic mass is 15.3. The number of rotatable bonds is 6. The lowest BCUT2D eigenvalue weighted by atomic mass is 10.1. The van der Waals surface area contributed by atoms with E-state index in [0.29, 0.717) is 12.0 Å². The van der Waals surface area contributed by atoms with Crippen molar-refractivity contribution in [3.8, 4) is 0 Å². The predicted octanol–water partition coefficient (Wildman–Crippen LogP) is 3.04. The molecule has 3 heteroatoms. The van der Waals surface area contributed by atoms with Crippen molar-refractivity contribution in [3.05, 3.63) is 17.0 Å². The molecule has 0 saturated heterocycles. The summed E-state index contributed by atoms with van der Waals surface area (Å²) in [5.74, 6) is 0.693. The van der Waals surface area contributed by atoms with E-state index < -0.39 is 0 Å². The minimum absolute atomic E-state index is 0.520. The third-order valence-corrected chi connectivity index (χ3v) is 3.40. The Kier molecular flexibility index (Phi) is 5.19. The molecule has 0 aliphatic heterocycles. The van der Waals surface area contributed by atoms with Crippen LogP contribution in [0.25, 0.3) is 0 Å². The largest absolute Gasteiger partial charge is 0.310 e. The smallest absolute Gasteiger partial charge is 0.0641 e. The molecule has 1 aromatic rings. The molecule has 0 amide bonds. The number of nitrogens with one attached hydrogen (secondary N) is 1. The fourth-order valence-electron chi connectivity index (χ4n) is 1.90. The Labute approximate surface area is 106 Å². The molecule has 1 unspecified atom stereocenters. The number of aryl methyl sites for hydroxylation is 1. The van der Waals surface area contributed by atoms with Crippen LogP contribution in [0.4, 0.5) is 0 Å². The topological polar surface area (TPSA) is 29.9 Å². The van der Waals surface area contributed by atoms with Gasteiger partial charge in [0.15, 0.2) is 0 Å². The first kappa shape index (κ1) is 14.2. The van der Waals surface area contributed by atoms with Crippen LogP contribution >= 0.6 is 0 Å². The second-order valence-corrected chi connectivity index (χ2v) is 5.38. The minimum atomic E-state index is 0.520. The van der Waals surface area contributed by atoms with E-state index in [2.05, 4.69) is 56.6 Å². The van der Waals surface area contributed by atoms with Crippen molar-refractivity contribution >= 4 is 0 Å². The van der Waals surface area contributed by atoms with Gasteiger partial charge in [0.25, 0.3) is 0 Å². The molecule has 0 aliphatic rings. The summed E-state index contributed by atoms with van der Waals surface area (Å²) in [6.07, 6.45) is 1.21. The highest BCUT2D eigenvalue weighted by molar-refractivity contribution is 5.24. The van der Waals surface area contributed by atoms with Crippen LogP contribution in [0, 0.1) is 19.8 Å². The Balaban J connectivity index is 2.78. The fraction of sp³-hybridized carbons (Fsp3) is 0.786. The average Bonchev–Trinajstić information content (AvgIpc) is 2.51. The second kappa shape index (κ2) is 6.20. The maximum Gasteiger partial charge on any atom is 0.0641 e. The van der Waals surface area contributed by atoms with Gasteiger partial charge in [-0.3, -0.25) is 4.68 Å². The van der Waals surface area contributed by atoms with Gasteiger partial charge in [0.05, 0.1) is 5.69 Å². The van der Waals surface area contributed by atoms with Crippen molar-refractivity contribution in [3.63, 3.8) is 0 Å². The van der Waals surface area contributed by atoms with E-state index in [1.54, 1.807) is 0 Å². The van der Waals surface area contributed by atoms with Gasteiger partial charge >= 0.3 is 0 Å². The van der Waals surface area contributed by atoms with Crippen LogP contribution in [0.15, 0.2) is 0 Å². The lowest BCUT2D eigenvalue weighted by molar-refractivity contribution is 0.431. The quantitative estimate of drug-likeness (QED) is 0.824. The number of hydrogen-bond donors (Lipinski definition) is 1. The van der Waals surface area contributed by atoms with Crippen molar-refractivity contribution < 1.29 is 0 Å². The van der Waals surface area contributed by atoms with Gasteiger partial charge in [0, 0.05) is 30.4 Å². The summed E-state index contributed by atoms with van der Waals surface area (Å²) >= 11 is 0. The summed E-state index contributed by atoms with van der Waals surface area (Å²) in [5.41, 5.74) is 3.84. The van der Waals surface area contributed by atoms with Crippen molar-refractivity contribution in [1.29, 1.82) is 0 Å². The molecule has 1 aromatic heterocycles. The minimum Gasteiger partial charge on any atom is -0.310 e. The molecular weight excluding hydrogens is 210 g/mol. The molecule has 0 saturated carbocycles. The van der Waals surface area contributed by atoms with E-state index in [9.17, 15) is 0 Å². The summed E-state index contributed by atoms with van der Waals surface area (Å²) in [6.45, 7) is 15.1. The molecule has 0 aliphatic carbocycles. The first-order valence-corrected chi connectivity index (χ1v) is 6.71. The molecule has 3 nitrogen and oxygen atoms in total. The standard InChI is InChI=1S/C14H27N3/c1-7-11(4)9-17-13(6)14(12(5)16-17)8-15-10(2)3/h10-11,15H,7-9H2,1-6H3. The van der Waals surface area contributed by atoms with Gasteiger partial charge in [0.1, 0.15) is 0 Å². The predicted molar refractivity (Wildman–Crippen MR) is 73.1 cm³/mol. The normalized spacial score (nSPS) is 13.4. The van der Waals surface area contributed by atoms with Crippen molar-refractivity contribution in [2.45, 2.75) is 67.1 Å². The van der Waals surface area contributed by atoms with E-state index in [1.807, 2.05) is 0 Å². The van der Waals surface area contributed by atoms with Crippen molar-refractivity contribution in [1.82, 2.24) is 15.1 Å². The molecular formula is C14H27N3. The van der Waals surface area contributed by atoms with E-state index >= 15 is 0 Å². The molecule has 0 bridgehead atoms. The number of nitrogens with zero attached hydrogens (tertiary/aromatic N) is 2. The molecule has 98 valence electrons. The monoisotopic (exact) mass is 237 g/mol. The molecule has 17 heavy (non-hydrogen) atoms. The Hall–Kier alpha value is -0.830. The van der Waals surface area contributed by atoms with Gasteiger partial charge in [-0.05, 0) is 19.8 Å². The fourth-order valence-corrected chi connectivity index (χ4v) is 1.90. The maximum absolute atomic E-state index is 4.65. The Morgan fingerprint density at radius 3 is 2.41 bits per heavy atom. The van der Waals surface area contributed by atoms with Gasteiger partial charge in [0.2, 0.25) is 0 Å². The molecule has 1 rings (SSSR count). The lowest BCUT2D eigenvalue weighted by Gasteiger charge is -2.11. The summed E-state index contributed by atoms with van der Waals surface area (Å²) in [7, 11) is 0. The van der Waals surface area contributed by atoms with Crippen LogP contribution in [0.2, 0.25) is 0 Å². The van der Waals surface area contributed by atoms with Crippen LogP contribution in [0.5, 0.6) is 0 Å². The van der Waals surface area contributed by atoms with Gasteiger partial charge < -0.3 is 5.32 Å². The average molecular weight is 237 g/mol. The summed E-state index contributed by atoms with van der Waals surface area (Å²) in [5, 5.41) is 8.12. The molecule has 1 heterocycles. The first-order valence-electron chi connectivity index (χ1n) is 6.71. The van der Waals surface area contributed by atoms with E-state index in [0.717, 1.165) is 13.1 Å². The Morgan fingerprint density at radius 2 is 1.88 bits per heavy atom. The number of aromatic nitrogens is 2. The van der Waals surface area contributed by atoms with Crippen LogP contribution in [-0.4, -0.2) is 15.8 Å². The highest BCUT2D eigenvalue weighted by Gasteiger charge is 2.12. The van der Waals surface area contributed by atoms with Crippen LogP contribution in [0.1, 0.15) is 51.1 Å². The molecule has 0 aromatic carbocycles. The zero-order valence-corrected chi connectivity index (χ0v) is 12.2. The third-order valence-electron chi connectivity index (χ3n) is 3.40. The SMILES string of the molecule is CCC(C)Cn1nc(C)c(CNC(C)C)c1C. The summed E-state index contributed by atoms with van der Waals surface area (Å²) in [6, 6.07) is 0.520. The van der Waals surface area contributed by atoms with Gasteiger partial charge in [-0.2, -0.15) is 5.10 Å². The molecule has 0 spiro atoms.